The summed E-state index contributed by atoms with van der Waals surface area (Å²) in [5.74, 6) is 2.77. The molecule has 5 nitrogen and oxygen atoms in total. The molecule has 3 aliphatic rings. The van der Waals surface area contributed by atoms with Gasteiger partial charge in [0.05, 0.1) is 11.2 Å². The number of rotatable bonds is 7. The van der Waals surface area contributed by atoms with E-state index in [2.05, 4.69) is 5.32 Å². The zero-order chi connectivity index (χ0) is 20.5. The maximum absolute atomic E-state index is 13.4. The van der Waals surface area contributed by atoms with Gasteiger partial charge >= 0.3 is 0 Å². The van der Waals surface area contributed by atoms with Crippen LogP contribution in [-0.4, -0.2) is 44.0 Å². The van der Waals surface area contributed by atoms with E-state index in [1.54, 1.807) is 11.2 Å². The summed E-state index contributed by atoms with van der Waals surface area (Å²) in [6, 6.07) is 9.92. The van der Waals surface area contributed by atoms with E-state index in [4.69, 9.17) is 0 Å². The van der Waals surface area contributed by atoms with Crippen LogP contribution >= 0.6 is 0 Å². The number of nitrogens with one attached hydrogen (secondary N) is 1. The predicted molar refractivity (Wildman–Crippen MR) is 115 cm³/mol. The summed E-state index contributed by atoms with van der Waals surface area (Å²) in [6.45, 7) is 3.23. The van der Waals surface area contributed by atoms with Gasteiger partial charge in [-0.15, -0.1) is 0 Å². The van der Waals surface area contributed by atoms with Crippen molar-refractivity contribution in [2.24, 2.45) is 17.8 Å². The molecular formula is C23H34N2O3S. The number of hydrogen-bond donors (Lipinski definition) is 1. The molecule has 1 amide bonds. The summed E-state index contributed by atoms with van der Waals surface area (Å²) in [5, 5.41) is 3.24. The zero-order valence-electron chi connectivity index (χ0n) is 17.5. The Bertz CT molecular complexity index is 816. The molecule has 2 bridgehead atoms. The van der Waals surface area contributed by atoms with Crippen LogP contribution in [0.15, 0.2) is 30.3 Å². The number of benzene rings is 1. The van der Waals surface area contributed by atoms with E-state index >= 15 is 0 Å². The summed E-state index contributed by atoms with van der Waals surface area (Å²) < 4.78 is 26.1. The quantitative estimate of drug-likeness (QED) is 0.739. The van der Waals surface area contributed by atoms with Crippen LogP contribution in [0.25, 0.3) is 0 Å². The average molecular weight is 419 g/mol. The zero-order valence-corrected chi connectivity index (χ0v) is 18.3. The van der Waals surface area contributed by atoms with Crippen LogP contribution in [0.5, 0.6) is 0 Å². The molecule has 2 saturated carbocycles. The van der Waals surface area contributed by atoms with Crippen molar-refractivity contribution in [2.75, 3.05) is 25.4 Å². The van der Waals surface area contributed by atoms with Gasteiger partial charge in [0.2, 0.25) is 15.9 Å². The highest BCUT2D eigenvalue weighted by Gasteiger charge is 2.45. The van der Waals surface area contributed by atoms with Crippen LogP contribution in [0.3, 0.4) is 0 Å². The lowest BCUT2D eigenvalue weighted by Gasteiger charge is -2.40. The summed E-state index contributed by atoms with van der Waals surface area (Å²) in [7, 11) is -3.21. The van der Waals surface area contributed by atoms with Gasteiger partial charge in [-0.3, -0.25) is 4.79 Å². The highest BCUT2D eigenvalue weighted by molar-refractivity contribution is 7.89. The summed E-state index contributed by atoms with van der Waals surface area (Å²) in [4.78, 5) is 13.4. The van der Waals surface area contributed by atoms with Gasteiger partial charge < -0.3 is 5.32 Å². The Balaban J connectivity index is 1.43. The number of nitrogens with zero attached hydrogens (tertiary/aromatic N) is 1. The molecule has 0 aromatic heterocycles. The molecule has 6 heteroatoms. The van der Waals surface area contributed by atoms with Crippen LogP contribution in [0, 0.1) is 17.8 Å². The third-order valence-corrected chi connectivity index (χ3v) is 9.66. The molecule has 1 aliphatic heterocycles. The van der Waals surface area contributed by atoms with Gasteiger partial charge in [-0.25, -0.2) is 12.7 Å². The molecule has 3 fully saturated rings. The Hall–Kier alpha value is -1.40. The summed E-state index contributed by atoms with van der Waals surface area (Å²) in [6.07, 6.45) is 7.67. The van der Waals surface area contributed by atoms with Gasteiger partial charge in [0.1, 0.15) is 0 Å². The van der Waals surface area contributed by atoms with Crippen molar-refractivity contribution in [3.63, 3.8) is 0 Å². The number of carbonyl (C=O) groups excluding carboxylic acids is 1. The molecule has 160 valence electrons. The minimum atomic E-state index is -3.21. The number of fused-ring (bicyclic) bond motifs is 2. The first-order chi connectivity index (χ1) is 13.9. The number of amides is 1. The van der Waals surface area contributed by atoms with Gasteiger partial charge in [-0.05, 0) is 68.8 Å². The van der Waals surface area contributed by atoms with E-state index in [9.17, 15) is 13.2 Å². The van der Waals surface area contributed by atoms with Crippen LogP contribution in [0.1, 0.15) is 57.4 Å². The van der Waals surface area contributed by atoms with E-state index < -0.39 is 15.4 Å². The van der Waals surface area contributed by atoms with Gasteiger partial charge in [0.25, 0.3) is 0 Å². The Labute approximate surface area is 175 Å². The second-order valence-electron chi connectivity index (χ2n) is 9.23. The molecule has 1 saturated heterocycles. The maximum Gasteiger partial charge on any atom is 0.230 e. The van der Waals surface area contributed by atoms with Gasteiger partial charge in [0, 0.05) is 19.6 Å². The maximum atomic E-state index is 13.4. The molecule has 1 aromatic rings. The Morgan fingerprint density at radius 2 is 1.86 bits per heavy atom. The Morgan fingerprint density at radius 3 is 2.45 bits per heavy atom. The normalized spacial score (nSPS) is 29.1. The molecule has 4 rings (SSSR count). The average Bonchev–Trinajstić information content (AvgIpc) is 3.37. The third kappa shape index (κ3) is 4.11. The number of piperidine rings is 1. The molecule has 1 aromatic carbocycles. The minimum absolute atomic E-state index is 0.0698. The molecule has 2 aliphatic carbocycles. The van der Waals surface area contributed by atoms with Crippen LogP contribution in [0.4, 0.5) is 0 Å². The van der Waals surface area contributed by atoms with Crippen LogP contribution in [-0.2, 0) is 20.2 Å². The standard InChI is InChI=1S/C23H34N2O3S/c1-2-29(27,28)25-14-11-23(12-15-25,21-6-4-3-5-7-21)22(26)24-13-10-20-17-18-8-9-19(20)16-18/h3-7,18-20H,2,8-17H2,1H3,(H,24,26). The minimum Gasteiger partial charge on any atom is -0.355 e. The van der Waals surface area contributed by atoms with Crippen LogP contribution < -0.4 is 5.32 Å². The van der Waals surface area contributed by atoms with E-state index in [1.807, 2.05) is 30.3 Å². The molecule has 29 heavy (non-hydrogen) atoms. The highest BCUT2D eigenvalue weighted by Crippen LogP contribution is 2.49. The van der Waals surface area contributed by atoms with E-state index in [0.29, 0.717) is 25.9 Å². The lowest BCUT2D eigenvalue weighted by molar-refractivity contribution is -0.128. The van der Waals surface area contributed by atoms with E-state index in [1.165, 1.54) is 25.7 Å². The molecule has 1 N–H and O–H groups in total. The van der Waals surface area contributed by atoms with Crippen molar-refractivity contribution < 1.29 is 13.2 Å². The highest BCUT2D eigenvalue weighted by atomic mass is 32.2. The summed E-state index contributed by atoms with van der Waals surface area (Å²) in [5.41, 5.74) is 0.376. The molecule has 3 atom stereocenters. The van der Waals surface area contributed by atoms with Crippen molar-refractivity contribution >= 4 is 15.9 Å². The fourth-order valence-electron chi connectivity index (χ4n) is 6.00. The first-order valence-electron chi connectivity index (χ1n) is 11.3. The first kappa shape index (κ1) is 20.9. The fourth-order valence-corrected chi connectivity index (χ4v) is 7.11. The third-order valence-electron chi connectivity index (χ3n) is 7.78. The molecule has 1 heterocycles. The molecular weight excluding hydrogens is 384 g/mol. The second kappa shape index (κ2) is 8.38. The topological polar surface area (TPSA) is 66.5 Å². The number of hydrogen-bond acceptors (Lipinski definition) is 3. The molecule has 3 unspecified atom stereocenters. The predicted octanol–water partition coefficient (Wildman–Crippen LogP) is 3.31. The first-order valence-corrected chi connectivity index (χ1v) is 12.9. The van der Waals surface area contributed by atoms with Crippen molar-refractivity contribution in [2.45, 2.75) is 57.3 Å². The Morgan fingerprint density at radius 1 is 1.14 bits per heavy atom. The van der Waals surface area contributed by atoms with Crippen molar-refractivity contribution in [1.82, 2.24) is 9.62 Å². The number of sulfonamides is 1. The smallest absolute Gasteiger partial charge is 0.230 e. The largest absolute Gasteiger partial charge is 0.355 e. The van der Waals surface area contributed by atoms with Crippen molar-refractivity contribution in [3.8, 4) is 0 Å². The van der Waals surface area contributed by atoms with Crippen molar-refractivity contribution in [1.29, 1.82) is 0 Å². The second-order valence-corrected chi connectivity index (χ2v) is 11.5. The van der Waals surface area contributed by atoms with E-state index in [-0.39, 0.29) is 11.7 Å². The van der Waals surface area contributed by atoms with Gasteiger partial charge in [-0.1, -0.05) is 36.8 Å². The number of carbonyl (C=O) groups is 1. The van der Waals surface area contributed by atoms with Crippen molar-refractivity contribution in [3.05, 3.63) is 35.9 Å². The lowest BCUT2D eigenvalue weighted by atomic mass is 9.72. The molecule has 0 radical (unpaired) electrons. The lowest BCUT2D eigenvalue weighted by Crippen LogP contribution is -2.53. The van der Waals surface area contributed by atoms with Gasteiger partial charge in [0.15, 0.2) is 0 Å². The van der Waals surface area contributed by atoms with Gasteiger partial charge in [-0.2, -0.15) is 0 Å². The molecule has 0 spiro atoms. The van der Waals surface area contributed by atoms with E-state index in [0.717, 1.165) is 36.3 Å². The van der Waals surface area contributed by atoms with Crippen LogP contribution in [0.2, 0.25) is 0 Å². The summed E-state index contributed by atoms with van der Waals surface area (Å²) >= 11 is 0. The SMILES string of the molecule is CCS(=O)(=O)N1CCC(C(=O)NCCC2CC3CCC2C3)(c2ccccc2)CC1. The fraction of sp³-hybridized carbons (Fsp3) is 0.696. The monoisotopic (exact) mass is 418 g/mol. The Kier molecular flexibility index (Phi) is 6.03.